The van der Waals surface area contributed by atoms with Crippen molar-refractivity contribution in [2.24, 2.45) is 21.5 Å². The first-order valence-electron chi connectivity index (χ1n) is 6.17. The molecule has 0 aliphatic rings. The SMILES string of the molecule is NC(N)=Nc1ccnc(OCCCN=c2[nH][s+]([O-])nc2N)n1. The third-order valence-corrected chi connectivity index (χ3v) is 3.00. The van der Waals surface area contributed by atoms with Gasteiger partial charge in [0.1, 0.15) is 0 Å². The Bertz CT molecular complexity index is 719. The molecule has 0 bridgehead atoms. The number of aliphatic imine (C=N–C) groups is 1. The fourth-order valence-corrected chi connectivity index (χ4v) is 2.06. The lowest BCUT2D eigenvalue weighted by atomic mass is 10.4. The maximum atomic E-state index is 11.0. The summed E-state index contributed by atoms with van der Waals surface area (Å²) < 4.78 is 22.5. The summed E-state index contributed by atoms with van der Waals surface area (Å²) >= 11 is -1.53. The van der Waals surface area contributed by atoms with Crippen molar-refractivity contribution in [3.05, 3.63) is 17.8 Å². The van der Waals surface area contributed by atoms with Gasteiger partial charge in [0.05, 0.1) is 6.61 Å². The lowest BCUT2D eigenvalue weighted by Crippen LogP contribution is -2.22. The number of hydrogen-bond donors (Lipinski definition) is 4. The lowest BCUT2D eigenvalue weighted by molar-refractivity contribution is 0.289. The van der Waals surface area contributed by atoms with E-state index in [1.165, 1.54) is 6.20 Å². The molecule has 2 aromatic heterocycles. The number of nitrogens with two attached hydrogens (primary N) is 3. The van der Waals surface area contributed by atoms with Gasteiger partial charge in [-0.25, -0.2) is 4.98 Å². The van der Waals surface area contributed by atoms with Crippen molar-refractivity contribution in [2.45, 2.75) is 6.42 Å². The molecule has 11 nitrogen and oxygen atoms in total. The Morgan fingerprint density at radius 2 is 2.27 bits per heavy atom. The first-order chi connectivity index (χ1) is 10.5. The minimum Gasteiger partial charge on any atom is -0.548 e. The summed E-state index contributed by atoms with van der Waals surface area (Å²) in [6.07, 6.45) is 2.07. The van der Waals surface area contributed by atoms with Crippen LogP contribution in [0.5, 0.6) is 6.01 Å². The second-order valence-electron chi connectivity index (χ2n) is 3.99. The Hall–Kier alpha value is -2.73. The van der Waals surface area contributed by atoms with Crippen LogP contribution in [-0.4, -0.2) is 42.4 Å². The van der Waals surface area contributed by atoms with Gasteiger partial charge in [-0.3, -0.25) is 4.99 Å². The largest absolute Gasteiger partial charge is 0.548 e. The number of nitrogens with zero attached hydrogens (tertiary/aromatic N) is 5. The number of hydrogen-bond acceptors (Lipinski definition) is 8. The van der Waals surface area contributed by atoms with Gasteiger partial charge in [0.2, 0.25) is 11.3 Å². The fourth-order valence-electron chi connectivity index (χ4n) is 1.42. The average molecular weight is 325 g/mol. The topological polar surface area (TPSA) is 190 Å². The van der Waals surface area contributed by atoms with Gasteiger partial charge in [-0.2, -0.15) is 9.98 Å². The van der Waals surface area contributed by atoms with Crippen LogP contribution in [0.3, 0.4) is 0 Å². The molecule has 0 saturated heterocycles. The second kappa shape index (κ2) is 7.33. The number of aromatic nitrogens is 4. The van der Waals surface area contributed by atoms with Crippen LogP contribution in [0.2, 0.25) is 0 Å². The minimum atomic E-state index is -1.53. The molecule has 118 valence electrons. The third-order valence-electron chi connectivity index (χ3n) is 2.27. The Morgan fingerprint density at radius 1 is 1.45 bits per heavy atom. The molecule has 0 radical (unpaired) electrons. The molecular weight excluding hydrogens is 310 g/mol. The van der Waals surface area contributed by atoms with Crippen molar-refractivity contribution in [3.8, 4) is 6.01 Å². The van der Waals surface area contributed by atoms with Crippen LogP contribution < -0.4 is 27.4 Å². The molecule has 2 heterocycles. The fraction of sp³-hybridized carbons (Fsp3) is 0.300. The lowest BCUT2D eigenvalue weighted by Gasteiger charge is -2.02. The highest BCUT2D eigenvalue weighted by molar-refractivity contribution is 7.13. The Labute approximate surface area is 128 Å². The Morgan fingerprint density at radius 3 is 2.95 bits per heavy atom. The third kappa shape index (κ3) is 4.68. The number of anilines is 1. The van der Waals surface area contributed by atoms with E-state index >= 15 is 0 Å². The molecule has 0 aliphatic heterocycles. The molecule has 0 spiro atoms. The molecule has 0 amide bonds. The van der Waals surface area contributed by atoms with Crippen molar-refractivity contribution in [1.29, 1.82) is 0 Å². The molecule has 12 heteroatoms. The molecule has 7 N–H and O–H groups in total. The summed E-state index contributed by atoms with van der Waals surface area (Å²) in [5.41, 5.74) is 16.4. The van der Waals surface area contributed by atoms with Crippen LogP contribution in [0.25, 0.3) is 0 Å². The van der Waals surface area contributed by atoms with Crippen molar-refractivity contribution in [2.75, 3.05) is 18.9 Å². The molecule has 22 heavy (non-hydrogen) atoms. The van der Waals surface area contributed by atoms with Crippen LogP contribution in [0, 0.1) is 0 Å². The number of nitrogen functional groups attached to an aromatic ring is 1. The van der Waals surface area contributed by atoms with Gasteiger partial charge >= 0.3 is 6.01 Å². The van der Waals surface area contributed by atoms with Crippen LogP contribution >= 0.6 is 11.1 Å². The van der Waals surface area contributed by atoms with E-state index in [0.29, 0.717) is 30.9 Å². The number of aromatic amines is 1. The number of guanidine groups is 1. The number of rotatable bonds is 6. The zero-order valence-electron chi connectivity index (χ0n) is 11.5. The van der Waals surface area contributed by atoms with E-state index in [1.54, 1.807) is 6.07 Å². The summed E-state index contributed by atoms with van der Waals surface area (Å²) in [7, 11) is 0. The van der Waals surface area contributed by atoms with Crippen molar-refractivity contribution in [1.82, 2.24) is 18.7 Å². The molecule has 1 unspecified atom stereocenters. The van der Waals surface area contributed by atoms with Gasteiger partial charge in [0.25, 0.3) is 0 Å². The molecule has 1 atom stereocenters. The number of ether oxygens (including phenoxy) is 1. The van der Waals surface area contributed by atoms with Crippen molar-refractivity contribution >= 4 is 28.7 Å². The van der Waals surface area contributed by atoms with Gasteiger partial charge in [0.15, 0.2) is 22.9 Å². The minimum absolute atomic E-state index is 0.0961. The number of nitrogens with one attached hydrogen (secondary N) is 1. The maximum absolute atomic E-state index is 11.0. The van der Waals surface area contributed by atoms with Crippen molar-refractivity contribution in [3.63, 3.8) is 0 Å². The average Bonchev–Trinajstić information content (AvgIpc) is 2.76. The molecule has 2 aromatic rings. The molecule has 0 fully saturated rings. The van der Waals surface area contributed by atoms with E-state index in [-0.39, 0.29) is 17.8 Å². The van der Waals surface area contributed by atoms with Crippen LogP contribution in [0.1, 0.15) is 6.42 Å². The first-order valence-corrected chi connectivity index (χ1v) is 7.28. The van der Waals surface area contributed by atoms with E-state index < -0.39 is 11.1 Å². The van der Waals surface area contributed by atoms with Gasteiger partial charge in [-0.1, -0.05) is 0 Å². The highest BCUT2D eigenvalue weighted by Crippen LogP contribution is 2.10. The van der Waals surface area contributed by atoms with E-state index in [4.69, 9.17) is 21.9 Å². The van der Waals surface area contributed by atoms with Gasteiger partial charge in [-0.05, 0) is 0 Å². The molecule has 0 aliphatic carbocycles. The summed E-state index contributed by atoms with van der Waals surface area (Å²) in [6, 6.07) is 1.71. The van der Waals surface area contributed by atoms with Crippen LogP contribution in [-0.2, 0) is 0 Å². The first kappa shape index (κ1) is 15.7. The smallest absolute Gasteiger partial charge is 0.318 e. The molecule has 0 aromatic carbocycles. The van der Waals surface area contributed by atoms with Crippen LogP contribution in [0.4, 0.5) is 11.6 Å². The number of H-pyrrole nitrogens is 1. The zero-order valence-corrected chi connectivity index (χ0v) is 12.3. The monoisotopic (exact) mass is 325 g/mol. The predicted octanol–water partition coefficient (Wildman–Crippen LogP) is -1.22. The Balaban J connectivity index is 1.83. The standard InChI is InChI=1S/C10H15N9O2S/c11-7-8(19-22(20)18-7)14-3-1-5-21-10-15-4-2-6(17-10)16-9(12)13/h2,4H,1,3,5H2,(H2,11,18)(H,14,19)(H4,12,13,15,16,17). The predicted molar refractivity (Wildman–Crippen MR) is 79.7 cm³/mol. The highest BCUT2D eigenvalue weighted by Gasteiger charge is 2.03. The highest BCUT2D eigenvalue weighted by atomic mass is 32.2. The maximum Gasteiger partial charge on any atom is 0.318 e. The van der Waals surface area contributed by atoms with E-state index in [2.05, 4.69) is 28.7 Å². The van der Waals surface area contributed by atoms with Gasteiger partial charge in [-0.15, -0.1) is 4.37 Å². The zero-order chi connectivity index (χ0) is 15.9. The summed E-state index contributed by atoms with van der Waals surface area (Å²) in [4.78, 5) is 15.8. The summed E-state index contributed by atoms with van der Waals surface area (Å²) in [5.74, 6) is 0.348. The summed E-state index contributed by atoms with van der Waals surface area (Å²) in [6.45, 7) is 0.755. The van der Waals surface area contributed by atoms with E-state index in [1.807, 2.05) is 0 Å². The molecule has 0 saturated carbocycles. The van der Waals surface area contributed by atoms with E-state index in [0.717, 1.165) is 0 Å². The van der Waals surface area contributed by atoms with Crippen molar-refractivity contribution < 1.29 is 9.29 Å². The van der Waals surface area contributed by atoms with E-state index in [9.17, 15) is 4.55 Å². The van der Waals surface area contributed by atoms with Crippen LogP contribution in [0.15, 0.2) is 22.2 Å². The molecular formula is C10H15N9O2S. The molecule has 2 rings (SSSR count). The quantitative estimate of drug-likeness (QED) is 0.220. The normalized spacial score (nSPS) is 12.2. The summed E-state index contributed by atoms with van der Waals surface area (Å²) in [5, 5.41) is 0. The second-order valence-corrected chi connectivity index (χ2v) is 4.88. The Kier molecular flexibility index (Phi) is 5.21. The van der Waals surface area contributed by atoms with Gasteiger partial charge < -0.3 is 26.5 Å². The van der Waals surface area contributed by atoms with Gasteiger partial charge in [0, 0.05) is 29.6 Å².